The average Bonchev–Trinajstić information content (AvgIpc) is 3.07. The van der Waals surface area contributed by atoms with E-state index < -0.39 is 24.3 Å². The molecule has 4 aromatic carbocycles. The highest BCUT2D eigenvalue weighted by atomic mass is 16.3. The highest BCUT2D eigenvalue weighted by molar-refractivity contribution is 5.76. The van der Waals surface area contributed by atoms with E-state index in [1.165, 1.54) is 0 Å². The maximum Gasteiger partial charge on any atom is 0.320 e. The van der Waals surface area contributed by atoms with Crippen LogP contribution in [0.1, 0.15) is 22.3 Å². The Morgan fingerprint density at radius 2 is 0.857 bits per heavy atom. The fraction of sp³-hybridized carbons (Fsp3) is 0.286. The Bertz CT molecular complexity index is 1300. The molecule has 1 saturated heterocycles. The lowest BCUT2D eigenvalue weighted by Gasteiger charge is -2.36. The Morgan fingerprint density at radius 1 is 0.500 bits per heavy atom. The zero-order chi connectivity index (χ0) is 29.5. The third kappa shape index (κ3) is 7.11. The zero-order valence-electron chi connectivity index (χ0n) is 23.5. The number of phenols is 2. The third-order valence-corrected chi connectivity index (χ3v) is 8.16. The van der Waals surface area contributed by atoms with E-state index >= 15 is 0 Å². The van der Waals surface area contributed by atoms with Crippen molar-refractivity contribution in [2.45, 2.75) is 50.0 Å². The van der Waals surface area contributed by atoms with Crippen LogP contribution in [0.25, 0.3) is 0 Å². The van der Waals surface area contributed by atoms with Crippen LogP contribution in [-0.4, -0.2) is 73.6 Å². The first kappa shape index (κ1) is 29.2. The molecular formula is C35H38N2O5. The molecule has 0 spiro atoms. The molecule has 2 amide bonds. The van der Waals surface area contributed by atoms with E-state index in [2.05, 4.69) is 0 Å². The molecule has 1 fully saturated rings. The second-order valence-corrected chi connectivity index (χ2v) is 11.0. The predicted molar refractivity (Wildman–Crippen MR) is 162 cm³/mol. The lowest BCUT2D eigenvalue weighted by Crippen LogP contribution is -2.52. The summed E-state index contributed by atoms with van der Waals surface area (Å²) >= 11 is 0. The summed E-state index contributed by atoms with van der Waals surface area (Å²) in [6.45, 7) is 0.664. The van der Waals surface area contributed by atoms with Crippen LogP contribution in [0.5, 0.6) is 11.5 Å². The van der Waals surface area contributed by atoms with Gasteiger partial charge < -0.3 is 30.2 Å². The average molecular weight is 567 g/mol. The minimum absolute atomic E-state index is 0.175. The maximum absolute atomic E-state index is 14.5. The molecule has 0 bridgehead atoms. The number of benzene rings is 4. The summed E-state index contributed by atoms with van der Waals surface area (Å²) in [6, 6.07) is 31.7. The van der Waals surface area contributed by atoms with Crippen molar-refractivity contribution in [3.63, 3.8) is 0 Å². The number of hydrogen-bond acceptors (Lipinski definition) is 5. The number of urea groups is 1. The first-order valence-electron chi connectivity index (χ1n) is 14.5. The number of nitrogens with zero attached hydrogens (tertiary/aromatic N) is 2. The molecule has 7 heteroatoms. The topological polar surface area (TPSA) is 104 Å². The van der Waals surface area contributed by atoms with Gasteiger partial charge in [0.1, 0.15) is 23.7 Å². The smallest absolute Gasteiger partial charge is 0.320 e. The Morgan fingerprint density at radius 3 is 1.21 bits per heavy atom. The number of carbonyl (C=O) groups is 1. The fourth-order valence-electron chi connectivity index (χ4n) is 5.79. The molecule has 4 N–H and O–H groups in total. The van der Waals surface area contributed by atoms with Crippen molar-refractivity contribution in [1.82, 2.24) is 9.80 Å². The molecule has 1 aliphatic heterocycles. The number of aliphatic hydroxyl groups is 2. The van der Waals surface area contributed by atoms with Crippen LogP contribution in [0.3, 0.4) is 0 Å². The first-order chi connectivity index (χ1) is 20.4. The number of carbonyl (C=O) groups excluding carboxylic acids is 1. The molecular weight excluding hydrogens is 528 g/mol. The van der Waals surface area contributed by atoms with Crippen molar-refractivity contribution >= 4 is 6.03 Å². The predicted octanol–water partition coefficient (Wildman–Crippen LogP) is 4.57. The van der Waals surface area contributed by atoms with Crippen molar-refractivity contribution in [3.8, 4) is 11.5 Å². The van der Waals surface area contributed by atoms with E-state index in [4.69, 9.17) is 0 Å². The van der Waals surface area contributed by atoms with E-state index in [9.17, 15) is 25.2 Å². The maximum atomic E-state index is 14.5. The summed E-state index contributed by atoms with van der Waals surface area (Å²) in [5.41, 5.74) is 3.84. The van der Waals surface area contributed by atoms with Gasteiger partial charge in [0.15, 0.2) is 0 Å². The lowest BCUT2D eigenvalue weighted by atomic mass is 9.91. The van der Waals surface area contributed by atoms with Gasteiger partial charge >= 0.3 is 6.03 Å². The van der Waals surface area contributed by atoms with Crippen LogP contribution in [0.2, 0.25) is 0 Å². The molecule has 4 aromatic rings. The number of phenolic OH excluding ortho intramolecular Hbond substituents is 2. The normalized spacial score (nSPS) is 20.9. The molecule has 0 aliphatic carbocycles. The van der Waals surface area contributed by atoms with Crippen molar-refractivity contribution in [2.75, 3.05) is 13.1 Å². The molecule has 1 heterocycles. The van der Waals surface area contributed by atoms with Crippen molar-refractivity contribution in [3.05, 3.63) is 131 Å². The number of aromatic hydroxyl groups is 2. The van der Waals surface area contributed by atoms with Gasteiger partial charge in [-0.05, 0) is 72.2 Å². The second kappa shape index (κ2) is 13.6. The first-order valence-corrected chi connectivity index (χ1v) is 14.5. The van der Waals surface area contributed by atoms with E-state index in [-0.39, 0.29) is 17.5 Å². The van der Waals surface area contributed by atoms with Gasteiger partial charge in [-0.2, -0.15) is 0 Å². The van der Waals surface area contributed by atoms with Gasteiger partial charge in [-0.3, -0.25) is 0 Å². The van der Waals surface area contributed by atoms with Gasteiger partial charge in [-0.25, -0.2) is 4.79 Å². The third-order valence-electron chi connectivity index (χ3n) is 8.16. The Kier molecular flexibility index (Phi) is 9.41. The van der Waals surface area contributed by atoms with Gasteiger partial charge in [0.2, 0.25) is 0 Å². The molecule has 5 rings (SSSR count). The molecule has 0 radical (unpaired) electrons. The molecule has 1 aliphatic rings. The Labute approximate surface area is 246 Å². The summed E-state index contributed by atoms with van der Waals surface area (Å²) < 4.78 is 0. The summed E-state index contributed by atoms with van der Waals surface area (Å²) in [6.07, 6.45) is -0.526. The van der Waals surface area contributed by atoms with Gasteiger partial charge in [-0.15, -0.1) is 0 Å². The van der Waals surface area contributed by atoms with Crippen molar-refractivity contribution in [1.29, 1.82) is 0 Å². The molecule has 0 unspecified atom stereocenters. The second-order valence-electron chi connectivity index (χ2n) is 11.0. The van der Waals surface area contributed by atoms with Gasteiger partial charge in [0, 0.05) is 13.1 Å². The summed E-state index contributed by atoms with van der Waals surface area (Å²) in [4.78, 5) is 18.0. The standard InChI is InChI=1S/C35H38N2O5/c38-29-15-11-25(12-16-29)19-21-36-31(23-27-7-3-1-4-8-27)33(40)34(41)32(24-28-9-5-2-6-10-28)37(35(36)42)22-20-26-13-17-30(39)18-14-26/h1-18,31-34,38-41H,19-24H2/t31-,32-,33+,34+/m1/s1. The van der Waals surface area contributed by atoms with Crippen molar-refractivity contribution in [2.24, 2.45) is 0 Å². The molecule has 0 aromatic heterocycles. The zero-order valence-corrected chi connectivity index (χ0v) is 23.5. The lowest BCUT2D eigenvalue weighted by molar-refractivity contribution is -0.0393. The van der Waals surface area contributed by atoms with E-state index in [1.54, 1.807) is 34.1 Å². The van der Waals surface area contributed by atoms with Crippen molar-refractivity contribution < 1.29 is 25.2 Å². The minimum atomic E-state index is -1.18. The molecule has 7 nitrogen and oxygen atoms in total. The van der Waals surface area contributed by atoms with Gasteiger partial charge in [0.05, 0.1) is 12.1 Å². The van der Waals surface area contributed by atoms with E-state index in [1.807, 2.05) is 84.9 Å². The Hall–Kier alpha value is -4.33. The van der Waals surface area contributed by atoms with Crippen LogP contribution in [0.15, 0.2) is 109 Å². The van der Waals surface area contributed by atoms with Crippen LogP contribution < -0.4 is 0 Å². The highest BCUT2D eigenvalue weighted by Crippen LogP contribution is 2.28. The van der Waals surface area contributed by atoms with Crippen LogP contribution in [0, 0.1) is 0 Å². The molecule has 4 atom stereocenters. The quantitative estimate of drug-likeness (QED) is 0.225. The number of hydrogen-bond donors (Lipinski definition) is 4. The van der Waals surface area contributed by atoms with Crippen LogP contribution in [0.4, 0.5) is 4.79 Å². The number of amides is 2. The summed E-state index contributed by atoms with van der Waals surface area (Å²) in [5, 5.41) is 43.0. The van der Waals surface area contributed by atoms with Crippen LogP contribution in [-0.2, 0) is 25.7 Å². The largest absolute Gasteiger partial charge is 0.508 e. The molecule has 0 saturated carbocycles. The van der Waals surface area contributed by atoms with E-state index in [0.29, 0.717) is 38.8 Å². The highest BCUT2D eigenvalue weighted by Gasteiger charge is 2.46. The monoisotopic (exact) mass is 566 g/mol. The van der Waals surface area contributed by atoms with E-state index in [0.717, 1.165) is 22.3 Å². The number of aliphatic hydroxyl groups excluding tert-OH is 2. The SMILES string of the molecule is O=C1N(CCc2ccc(O)cc2)[C@H](Cc2ccccc2)[C@H](O)[C@@H](O)[C@@H](Cc2ccccc2)N1CCc1ccc(O)cc1. The summed E-state index contributed by atoms with van der Waals surface area (Å²) in [5.74, 6) is 0.350. The fourth-order valence-corrected chi connectivity index (χ4v) is 5.79. The Balaban J connectivity index is 1.50. The number of rotatable bonds is 10. The molecule has 218 valence electrons. The van der Waals surface area contributed by atoms with Crippen LogP contribution >= 0.6 is 0 Å². The van der Waals surface area contributed by atoms with Gasteiger partial charge in [0.25, 0.3) is 0 Å². The summed E-state index contributed by atoms with van der Waals surface area (Å²) in [7, 11) is 0. The minimum Gasteiger partial charge on any atom is -0.508 e. The molecule has 42 heavy (non-hydrogen) atoms. The van der Waals surface area contributed by atoms with Gasteiger partial charge in [-0.1, -0.05) is 84.9 Å².